The molecule has 7 heteroatoms. The number of aromatic hydroxyl groups is 1. The Bertz CT molecular complexity index is 762. The van der Waals surface area contributed by atoms with E-state index in [-0.39, 0.29) is 33.5 Å². The first-order valence-electron chi connectivity index (χ1n) is 5.61. The van der Waals surface area contributed by atoms with Crippen LogP contribution in [0.2, 0.25) is 0 Å². The van der Waals surface area contributed by atoms with E-state index in [0.717, 1.165) is 0 Å². The number of hydrogen-bond donors (Lipinski definition) is 1. The zero-order valence-electron chi connectivity index (χ0n) is 10.3. The van der Waals surface area contributed by atoms with Crippen LogP contribution in [0.15, 0.2) is 25.8 Å². The highest BCUT2D eigenvalue weighted by molar-refractivity contribution is 9.10. The Hall–Kier alpha value is -2.15. The van der Waals surface area contributed by atoms with E-state index in [4.69, 9.17) is 9.15 Å². The standard InChI is InChI=1S/C13H9BrO6/c1-2-19-12(17)7-3-6-4-9(14)10(16)8(5-15)11(6)20-13(7)18/h3-5,16H,2H2,1H3. The molecular weight excluding hydrogens is 332 g/mol. The van der Waals surface area contributed by atoms with Gasteiger partial charge in [0.05, 0.1) is 11.1 Å². The third-order valence-electron chi connectivity index (χ3n) is 2.60. The van der Waals surface area contributed by atoms with Crippen molar-refractivity contribution >= 4 is 39.2 Å². The molecule has 0 spiro atoms. The van der Waals surface area contributed by atoms with Crippen molar-refractivity contribution in [2.24, 2.45) is 0 Å². The first-order valence-corrected chi connectivity index (χ1v) is 6.40. The fourth-order valence-corrected chi connectivity index (χ4v) is 2.17. The van der Waals surface area contributed by atoms with Crippen molar-refractivity contribution in [3.8, 4) is 5.75 Å². The second-order valence-electron chi connectivity index (χ2n) is 3.82. The van der Waals surface area contributed by atoms with Gasteiger partial charge in [-0.3, -0.25) is 4.79 Å². The number of aldehydes is 1. The number of halogens is 1. The summed E-state index contributed by atoms with van der Waals surface area (Å²) < 4.78 is 9.93. The van der Waals surface area contributed by atoms with E-state index in [9.17, 15) is 19.5 Å². The van der Waals surface area contributed by atoms with Crippen LogP contribution in [-0.2, 0) is 4.74 Å². The Morgan fingerprint density at radius 3 is 2.80 bits per heavy atom. The predicted octanol–water partition coefficient (Wildman–Crippen LogP) is 2.25. The highest BCUT2D eigenvalue weighted by Gasteiger charge is 2.19. The van der Waals surface area contributed by atoms with E-state index in [1.165, 1.54) is 12.1 Å². The number of ether oxygens (including phenoxy) is 1. The third kappa shape index (κ3) is 2.32. The second kappa shape index (κ2) is 5.46. The van der Waals surface area contributed by atoms with Gasteiger partial charge in [-0.05, 0) is 35.0 Å². The molecular formula is C13H9BrO6. The monoisotopic (exact) mass is 340 g/mol. The van der Waals surface area contributed by atoms with Crippen molar-refractivity contribution in [3.05, 3.63) is 38.2 Å². The smallest absolute Gasteiger partial charge is 0.351 e. The molecule has 1 aromatic heterocycles. The summed E-state index contributed by atoms with van der Waals surface area (Å²) in [6, 6.07) is 2.69. The van der Waals surface area contributed by atoms with Crippen LogP contribution in [0.5, 0.6) is 5.75 Å². The van der Waals surface area contributed by atoms with Crippen molar-refractivity contribution in [3.63, 3.8) is 0 Å². The van der Waals surface area contributed by atoms with Gasteiger partial charge in [0, 0.05) is 5.39 Å². The maximum absolute atomic E-state index is 11.7. The van der Waals surface area contributed by atoms with Crippen LogP contribution >= 0.6 is 15.9 Å². The van der Waals surface area contributed by atoms with Gasteiger partial charge in [0.25, 0.3) is 0 Å². The SMILES string of the molecule is CCOC(=O)c1cc2cc(Br)c(O)c(C=O)c2oc1=O. The summed E-state index contributed by atoms with van der Waals surface area (Å²) >= 11 is 3.07. The van der Waals surface area contributed by atoms with Gasteiger partial charge in [0.15, 0.2) is 11.9 Å². The van der Waals surface area contributed by atoms with Gasteiger partial charge >= 0.3 is 11.6 Å². The van der Waals surface area contributed by atoms with Crippen molar-refractivity contribution in [1.29, 1.82) is 0 Å². The number of fused-ring (bicyclic) bond motifs is 1. The molecule has 0 radical (unpaired) electrons. The number of phenolic OH excluding ortho intramolecular Hbond substituents is 1. The number of esters is 1. The Kier molecular flexibility index (Phi) is 3.89. The highest BCUT2D eigenvalue weighted by atomic mass is 79.9. The molecule has 104 valence electrons. The lowest BCUT2D eigenvalue weighted by molar-refractivity contribution is 0.0521. The molecule has 0 saturated carbocycles. The molecule has 0 aliphatic rings. The molecule has 2 rings (SSSR count). The van der Waals surface area contributed by atoms with Gasteiger partial charge in [-0.25, -0.2) is 9.59 Å². The van der Waals surface area contributed by atoms with E-state index in [2.05, 4.69) is 15.9 Å². The van der Waals surface area contributed by atoms with Gasteiger partial charge in [-0.1, -0.05) is 0 Å². The highest BCUT2D eigenvalue weighted by Crippen LogP contribution is 2.33. The molecule has 6 nitrogen and oxygen atoms in total. The largest absolute Gasteiger partial charge is 0.506 e. The van der Waals surface area contributed by atoms with E-state index < -0.39 is 11.6 Å². The van der Waals surface area contributed by atoms with Gasteiger partial charge in [0.1, 0.15) is 16.9 Å². The van der Waals surface area contributed by atoms with Crippen LogP contribution in [0, 0.1) is 0 Å². The van der Waals surface area contributed by atoms with Crippen LogP contribution in [0.4, 0.5) is 0 Å². The van der Waals surface area contributed by atoms with Crippen LogP contribution in [0.25, 0.3) is 11.0 Å². The van der Waals surface area contributed by atoms with Crippen molar-refractivity contribution in [2.45, 2.75) is 6.92 Å². The first kappa shape index (κ1) is 14.3. The topological polar surface area (TPSA) is 93.8 Å². The molecule has 1 aromatic carbocycles. The molecule has 0 aliphatic heterocycles. The number of phenols is 1. The summed E-state index contributed by atoms with van der Waals surface area (Å²) in [5.74, 6) is -1.14. The molecule has 1 N–H and O–H groups in total. The first-order chi connectivity index (χ1) is 9.49. The number of rotatable bonds is 3. The number of carbonyl (C=O) groups is 2. The summed E-state index contributed by atoms with van der Waals surface area (Å²) in [6.07, 6.45) is 0.370. The number of hydrogen-bond acceptors (Lipinski definition) is 6. The molecule has 0 aliphatic carbocycles. The fraction of sp³-hybridized carbons (Fsp3) is 0.154. The van der Waals surface area contributed by atoms with Crippen LogP contribution < -0.4 is 5.63 Å². The minimum absolute atomic E-state index is 0.0845. The van der Waals surface area contributed by atoms with E-state index in [0.29, 0.717) is 11.7 Å². The van der Waals surface area contributed by atoms with Crippen molar-refractivity contribution in [1.82, 2.24) is 0 Å². The van der Waals surface area contributed by atoms with E-state index in [1.807, 2.05) is 0 Å². The summed E-state index contributed by atoms with van der Waals surface area (Å²) in [6.45, 7) is 1.73. The maximum atomic E-state index is 11.7. The Morgan fingerprint density at radius 1 is 1.50 bits per heavy atom. The summed E-state index contributed by atoms with van der Waals surface area (Å²) in [5.41, 5.74) is -1.45. The lowest BCUT2D eigenvalue weighted by Crippen LogP contribution is -2.16. The molecule has 0 bridgehead atoms. The molecule has 0 fully saturated rings. The lowest BCUT2D eigenvalue weighted by Gasteiger charge is -2.06. The Balaban J connectivity index is 2.78. The summed E-state index contributed by atoms with van der Waals surface area (Å²) in [7, 11) is 0. The minimum atomic E-state index is -0.930. The van der Waals surface area contributed by atoms with Gasteiger partial charge in [-0.15, -0.1) is 0 Å². The zero-order chi connectivity index (χ0) is 14.9. The zero-order valence-corrected chi connectivity index (χ0v) is 11.9. The Labute approximate surface area is 121 Å². The van der Waals surface area contributed by atoms with E-state index in [1.54, 1.807) is 6.92 Å². The normalized spacial score (nSPS) is 10.5. The maximum Gasteiger partial charge on any atom is 0.351 e. The van der Waals surface area contributed by atoms with Gasteiger partial charge in [0.2, 0.25) is 0 Å². The quantitative estimate of drug-likeness (QED) is 0.523. The number of carbonyl (C=O) groups excluding carboxylic acids is 2. The van der Waals surface area contributed by atoms with Crippen molar-refractivity contribution < 1.29 is 23.8 Å². The lowest BCUT2D eigenvalue weighted by atomic mass is 10.1. The van der Waals surface area contributed by atoms with Crippen LogP contribution in [0.1, 0.15) is 27.6 Å². The van der Waals surface area contributed by atoms with Crippen molar-refractivity contribution in [2.75, 3.05) is 6.61 Å². The molecule has 0 amide bonds. The third-order valence-corrected chi connectivity index (χ3v) is 3.20. The van der Waals surface area contributed by atoms with E-state index >= 15 is 0 Å². The average Bonchev–Trinajstić information content (AvgIpc) is 2.41. The molecule has 0 saturated heterocycles. The second-order valence-corrected chi connectivity index (χ2v) is 4.68. The molecule has 0 unspecified atom stereocenters. The number of benzene rings is 1. The molecule has 0 atom stereocenters. The van der Waals surface area contributed by atoms with Gasteiger partial charge < -0.3 is 14.3 Å². The molecule has 20 heavy (non-hydrogen) atoms. The summed E-state index contributed by atoms with van der Waals surface area (Å²) in [4.78, 5) is 34.3. The predicted molar refractivity (Wildman–Crippen MR) is 73.2 cm³/mol. The Morgan fingerprint density at radius 2 is 2.20 bits per heavy atom. The van der Waals surface area contributed by atoms with Crippen LogP contribution in [0.3, 0.4) is 0 Å². The minimum Gasteiger partial charge on any atom is -0.506 e. The van der Waals surface area contributed by atoms with Crippen LogP contribution in [-0.4, -0.2) is 24.0 Å². The average molecular weight is 341 g/mol. The molecule has 1 heterocycles. The van der Waals surface area contributed by atoms with Gasteiger partial charge in [-0.2, -0.15) is 0 Å². The summed E-state index contributed by atoms with van der Waals surface area (Å²) in [5, 5.41) is 10.0. The molecule has 2 aromatic rings. The fourth-order valence-electron chi connectivity index (χ4n) is 1.71.